The molecule has 1 aliphatic rings. The highest BCUT2D eigenvalue weighted by molar-refractivity contribution is 6.16. The van der Waals surface area contributed by atoms with E-state index in [4.69, 9.17) is 0 Å². The third kappa shape index (κ3) is 2.35. The lowest BCUT2D eigenvalue weighted by Gasteiger charge is -2.03. The minimum absolute atomic E-state index is 0.00184. The van der Waals surface area contributed by atoms with Crippen molar-refractivity contribution in [2.75, 3.05) is 0 Å². The number of carboxylic acids is 1. The molecule has 0 aliphatic heterocycles. The summed E-state index contributed by atoms with van der Waals surface area (Å²) in [6.45, 7) is 3.98. The standard InChI is InChI=1S/C19H16O3/c1-11-7-12(2)16-10-14(18(20)17(16)8-11)9-13-5-3-4-6-15(13)19(21)22/h3-9H,10H2,1-2H3,(H,21,22)/b14-9+. The van der Waals surface area contributed by atoms with E-state index in [1.165, 1.54) is 0 Å². The van der Waals surface area contributed by atoms with Crippen LogP contribution in [0.2, 0.25) is 0 Å². The molecule has 2 aromatic carbocycles. The Balaban J connectivity index is 2.08. The van der Waals surface area contributed by atoms with Crippen molar-refractivity contribution in [2.45, 2.75) is 20.3 Å². The SMILES string of the molecule is Cc1cc(C)c2c(c1)C(=O)/C(=C/c1ccccc1C(=O)O)C2. The number of carbonyl (C=O) groups excluding carboxylic acids is 1. The number of benzene rings is 2. The van der Waals surface area contributed by atoms with Gasteiger partial charge in [0.15, 0.2) is 5.78 Å². The summed E-state index contributed by atoms with van der Waals surface area (Å²) in [6, 6.07) is 10.7. The smallest absolute Gasteiger partial charge is 0.336 e. The Labute approximate surface area is 128 Å². The van der Waals surface area contributed by atoms with Crippen LogP contribution in [0.5, 0.6) is 0 Å². The van der Waals surface area contributed by atoms with Crippen LogP contribution < -0.4 is 0 Å². The monoisotopic (exact) mass is 292 g/mol. The first-order valence-electron chi connectivity index (χ1n) is 7.15. The Kier molecular flexibility index (Phi) is 3.41. The summed E-state index contributed by atoms with van der Waals surface area (Å²) >= 11 is 0. The van der Waals surface area contributed by atoms with E-state index in [0.29, 0.717) is 17.6 Å². The van der Waals surface area contributed by atoms with Crippen LogP contribution in [-0.2, 0) is 6.42 Å². The van der Waals surface area contributed by atoms with Gasteiger partial charge in [0.2, 0.25) is 0 Å². The highest BCUT2D eigenvalue weighted by Crippen LogP contribution is 2.31. The van der Waals surface area contributed by atoms with Gasteiger partial charge in [-0.05, 0) is 48.7 Å². The van der Waals surface area contributed by atoms with Crippen molar-refractivity contribution in [1.29, 1.82) is 0 Å². The van der Waals surface area contributed by atoms with Crippen LogP contribution in [0.4, 0.5) is 0 Å². The van der Waals surface area contributed by atoms with Crippen LogP contribution >= 0.6 is 0 Å². The predicted molar refractivity (Wildman–Crippen MR) is 85.3 cm³/mol. The predicted octanol–water partition coefficient (Wildman–Crippen LogP) is 3.82. The van der Waals surface area contributed by atoms with E-state index in [9.17, 15) is 14.7 Å². The van der Waals surface area contributed by atoms with Crippen LogP contribution in [0.1, 0.15) is 43.0 Å². The number of aryl methyl sites for hydroxylation is 2. The first-order chi connectivity index (χ1) is 10.5. The highest BCUT2D eigenvalue weighted by atomic mass is 16.4. The molecule has 3 nitrogen and oxygen atoms in total. The molecule has 3 rings (SSSR count). The molecule has 0 radical (unpaired) electrons. The van der Waals surface area contributed by atoms with Crippen molar-refractivity contribution in [1.82, 2.24) is 0 Å². The second-order valence-electron chi connectivity index (χ2n) is 5.68. The normalized spacial score (nSPS) is 15.2. The zero-order chi connectivity index (χ0) is 15.9. The van der Waals surface area contributed by atoms with Crippen molar-refractivity contribution >= 4 is 17.8 Å². The first-order valence-corrected chi connectivity index (χ1v) is 7.15. The summed E-state index contributed by atoms with van der Waals surface area (Å²) in [5.41, 5.74) is 5.41. The number of fused-ring (bicyclic) bond motifs is 1. The molecule has 1 N–H and O–H groups in total. The maximum atomic E-state index is 12.6. The lowest BCUT2D eigenvalue weighted by Crippen LogP contribution is -2.01. The minimum atomic E-state index is -0.984. The Morgan fingerprint density at radius 2 is 1.91 bits per heavy atom. The highest BCUT2D eigenvalue weighted by Gasteiger charge is 2.26. The van der Waals surface area contributed by atoms with Gasteiger partial charge in [-0.25, -0.2) is 4.79 Å². The van der Waals surface area contributed by atoms with Gasteiger partial charge in [-0.15, -0.1) is 0 Å². The second-order valence-corrected chi connectivity index (χ2v) is 5.68. The molecule has 0 atom stereocenters. The van der Waals surface area contributed by atoms with Crippen molar-refractivity contribution in [3.63, 3.8) is 0 Å². The molecular formula is C19H16O3. The zero-order valence-electron chi connectivity index (χ0n) is 12.5. The third-order valence-corrected chi connectivity index (χ3v) is 4.04. The molecule has 0 saturated heterocycles. The van der Waals surface area contributed by atoms with E-state index in [1.807, 2.05) is 19.9 Å². The molecule has 0 unspecified atom stereocenters. The molecule has 0 saturated carbocycles. The van der Waals surface area contributed by atoms with Gasteiger partial charge in [0.1, 0.15) is 0 Å². The molecule has 110 valence electrons. The van der Waals surface area contributed by atoms with Crippen molar-refractivity contribution in [3.05, 3.63) is 75.4 Å². The van der Waals surface area contributed by atoms with Crippen molar-refractivity contribution in [2.24, 2.45) is 0 Å². The van der Waals surface area contributed by atoms with E-state index >= 15 is 0 Å². The first kappa shape index (κ1) is 14.3. The fraction of sp³-hybridized carbons (Fsp3) is 0.158. The topological polar surface area (TPSA) is 54.4 Å². The number of aromatic carboxylic acids is 1. The van der Waals surface area contributed by atoms with Crippen molar-refractivity contribution < 1.29 is 14.7 Å². The van der Waals surface area contributed by atoms with Crippen LogP contribution in [0.25, 0.3) is 6.08 Å². The molecule has 0 amide bonds. The Hall–Kier alpha value is -2.68. The van der Waals surface area contributed by atoms with Crippen LogP contribution in [0, 0.1) is 13.8 Å². The van der Waals surface area contributed by atoms with Gasteiger partial charge in [0.25, 0.3) is 0 Å². The van der Waals surface area contributed by atoms with Gasteiger partial charge >= 0.3 is 5.97 Å². The average Bonchev–Trinajstić information content (AvgIpc) is 2.77. The van der Waals surface area contributed by atoms with Gasteiger partial charge in [-0.3, -0.25) is 4.79 Å². The average molecular weight is 292 g/mol. The molecule has 1 aliphatic carbocycles. The fourth-order valence-electron chi connectivity index (χ4n) is 3.00. The van der Waals surface area contributed by atoms with Gasteiger partial charge in [0, 0.05) is 17.6 Å². The summed E-state index contributed by atoms with van der Waals surface area (Å²) < 4.78 is 0. The zero-order valence-corrected chi connectivity index (χ0v) is 12.5. The molecule has 3 heteroatoms. The van der Waals surface area contributed by atoms with E-state index in [0.717, 1.165) is 22.3 Å². The molecule has 0 spiro atoms. The quantitative estimate of drug-likeness (QED) is 0.856. The number of carboxylic acid groups (broad SMARTS) is 1. The molecule has 2 aromatic rings. The Morgan fingerprint density at radius 1 is 1.18 bits per heavy atom. The number of carbonyl (C=O) groups is 2. The van der Waals surface area contributed by atoms with Gasteiger partial charge < -0.3 is 5.11 Å². The fourth-order valence-corrected chi connectivity index (χ4v) is 3.00. The molecule has 0 aromatic heterocycles. The Morgan fingerprint density at radius 3 is 2.64 bits per heavy atom. The Bertz CT molecular complexity index is 829. The van der Waals surface area contributed by atoms with Crippen LogP contribution in [-0.4, -0.2) is 16.9 Å². The van der Waals surface area contributed by atoms with Crippen LogP contribution in [0.3, 0.4) is 0 Å². The summed E-state index contributed by atoms with van der Waals surface area (Å²) in [7, 11) is 0. The maximum Gasteiger partial charge on any atom is 0.336 e. The number of rotatable bonds is 2. The molecule has 0 heterocycles. The summed E-state index contributed by atoms with van der Waals surface area (Å²) in [4.78, 5) is 23.9. The van der Waals surface area contributed by atoms with Crippen molar-refractivity contribution in [3.8, 4) is 0 Å². The third-order valence-electron chi connectivity index (χ3n) is 4.04. The summed E-state index contributed by atoms with van der Waals surface area (Å²) in [5, 5.41) is 9.25. The van der Waals surface area contributed by atoms with Gasteiger partial charge in [0.05, 0.1) is 5.56 Å². The maximum absolute atomic E-state index is 12.6. The molecular weight excluding hydrogens is 276 g/mol. The molecule has 0 bridgehead atoms. The largest absolute Gasteiger partial charge is 0.478 e. The number of Topliss-reactive ketones (excluding diaryl/α,β-unsaturated/α-hetero) is 1. The summed E-state index contributed by atoms with van der Waals surface area (Å²) in [5.74, 6) is -0.982. The summed E-state index contributed by atoms with van der Waals surface area (Å²) in [6.07, 6.45) is 2.27. The molecule has 22 heavy (non-hydrogen) atoms. The lowest BCUT2D eigenvalue weighted by atomic mass is 10.0. The molecule has 0 fully saturated rings. The van der Waals surface area contributed by atoms with E-state index in [2.05, 4.69) is 6.07 Å². The number of ketones is 1. The van der Waals surface area contributed by atoms with Crippen LogP contribution in [0.15, 0.2) is 42.0 Å². The number of hydrogen-bond donors (Lipinski definition) is 1. The van der Waals surface area contributed by atoms with Gasteiger partial charge in [-0.1, -0.05) is 29.8 Å². The van der Waals surface area contributed by atoms with Gasteiger partial charge in [-0.2, -0.15) is 0 Å². The number of hydrogen-bond acceptors (Lipinski definition) is 2. The van der Waals surface area contributed by atoms with E-state index in [1.54, 1.807) is 30.3 Å². The minimum Gasteiger partial charge on any atom is -0.478 e. The second kappa shape index (κ2) is 5.26. The van der Waals surface area contributed by atoms with E-state index < -0.39 is 5.97 Å². The number of allylic oxidation sites excluding steroid dienone is 1. The van der Waals surface area contributed by atoms with E-state index in [-0.39, 0.29) is 11.3 Å². The lowest BCUT2D eigenvalue weighted by molar-refractivity contribution is 0.0696.